The third-order valence-corrected chi connectivity index (χ3v) is 7.13. The highest BCUT2D eigenvalue weighted by Gasteiger charge is 2.40. The van der Waals surface area contributed by atoms with E-state index in [1.165, 1.54) is 4.90 Å². The fourth-order valence-corrected chi connectivity index (χ4v) is 5.28. The van der Waals surface area contributed by atoms with E-state index in [1.807, 2.05) is 54.6 Å². The van der Waals surface area contributed by atoms with Gasteiger partial charge in [-0.15, -0.1) is 0 Å². The second-order valence-electron chi connectivity index (χ2n) is 11.3. The molecule has 2 N–H and O–H groups in total. The smallest absolute Gasteiger partial charge is 0.410 e. The first-order valence-electron chi connectivity index (χ1n) is 13.7. The average Bonchev–Trinajstić information content (AvgIpc) is 3.49. The van der Waals surface area contributed by atoms with E-state index >= 15 is 0 Å². The molecule has 0 radical (unpaired) electrons. The van der Waals surface area contributed by atoms with Crippen LogP contribution in [-0.2, 0) is 20.8 Å². The summed E-state index contributed by atoms with van der Waals surface area (Å²) in [5.74, 6) is -0.0862. The van der Waals surface area contributed by atoms with Crippen molar-refractivity contribution in [3.05, 3.63) is 95.6 Å². The predicted molar refractivity (Wildman–Crippen MR) is 153 cm³/mol. The highest BCUT2D eigenvalue weighted by molar-refractivity contribution is 5.79. The zero-order chi connectivity index (χ0) is 29.0. The molecule has 2 atom stereocenters. The van der Waals surface area contributed by atoms with Crippen molar-refractivity contribution in [3.8, 4) is 11.1 Å². The molecule has 3 aromatic rings. The molecule has 3 aromatic carbocycles. The number of carbonyl (C=O) groups is 3. The van der Waals surface area contributed by atoms with Crippen LogP contribution in [0.2, 0.25) is 0 Å². The van der Waals surface area contributed by atoms with Crippen LogP contribution in [0.1, 0.15) is 43.4 Å². The van der Waals surface area contributed by atoms with Gasteiger partial charge in [-0.2, -0.15) is 0 Å². The summed E-state index contributed by atoms with van der Waals surface area (Å²) >= 11 is 0. The van der Waals surface area contributed by atoms with Crippen molar-refractivity contribution in [1.82, 2.24) is 15.5 Å². The van der Waals surface area contributed by atoms with Gasteiger partial charge in [-0.1, -0.05) is 78.9 Å². The van der Waals surface area contributed by atoms with E-state index in [9.17, 15) is 14.4 Å². The summed E-state index contributed by atoms with van der Waals surface area (Å²) in [6.45, 7) is 5.88. The topological polar surface area (TPSA) is 106 Å². The SMILES string of the molecule is CC(C)(C)OC(=O)N1C[C@H](NC(=O)OCc2ccccc2)[C@@H](NC(=O)OCC2c3ccccc3-c3ccccc32)C1. The minimum absolute atomic E-state index is 0.0862. The molecule has 214 valence electrons. The van der Waals surface area contributed by atoms with Gasteiger partial charge in [0.25, 0.3) is 0 Å². The van der Waals surface area contributed by atoms with Crippen LogP contribution in [0.4, 0.5) is 14.4 Å². The molecule has 9 nitrogen and oxygen atoms in total. The molecule has 0 unspecified atom stereocenters. The third kappa shape index (κ3) is 6.80. The first kappa shape index (κ1) is 28.0. The Morgan fingerprint density at radius 3 is 1.83 bits per heavy atom. The Morgan fingerprint density at radius 2 is 1.27 bits per heavy atom. The highest BCUT2D eigenvalue weighted by atomic mass is 16.6. The molecule has 1 aliphatic heterocycles. The Morgan fingerprint density at radius 1 is 0.756 bits per heavy atom. The Labute approximate surface area is 239 Å². The van der Waals surface area contributed by atoms with Crippen LogP contribution >= 0.6 is 0 Å². The number of hydrogen-bond donors (Lipinski definition) is 2. The number of hydrogen-bond acceptors (Lipinski definition) is 6. The van der Waals surface area contributed by atoms with Crippen LogP contribution in [-0.4, -0.2) is 60.6 Å². The molecular weight excluding hydrogens is 522 g/mol. The lowest BCUT2D eigenvalue weighted by Gasteiger charge is -2.24. The number of ether oxygens (including phenoxy) is 3. The lowest BCUT2D eigenvalue weighted by Crippen LogP contribution is -2.51. The molecule has 0 aromatic heterocycles. The van der Waals surface area contributed by atoms with Gasteiger partial charge in [-0.25, -0.2) is 14.4 Å². The lowest BCUT2D eigenvalue weighted by molar-refractivity contribution is 0.0286. The van der Waals surface area contributed by atoms with Gasteiger partial charge in [0.1, 0.15) is 18.8 Å². The van der Waals surface area contributed by atoms with E-state index in [2.05, 4.69) is 34.9 Å². The Kier molecular flexibility index (Phi) is 8.14. The summed E-state index contributed by atoms with van der Waals surface area (Å²) in [5.41, 5.74) is 4.65. The fourth-order valence-electron chi connectivity index (χ4n) is 5.28. The van der Waals surface area contributed by atoms with Gasteiger partial charge in [-0.3, -0.25) is 0 Å². The van der Waals surface area contributed by atoms with E-state index in [1.54, 1.807) is 20.8 Å². The number of benzene rings is 3. The van der Waals surface area contributed by atoms with Gasteiger partial charge in [0.2, 0.25) is 0 Å². The quantitative estimate of drug-likeness (QED) is 0.391. The molecule has 0 spiro atoms. The molecule has 41 heavy (non-hydrogen) atoms. The van der Waals surface area contributed by atoms with E-state index in [0.717, 1.165) is 27.8 Å². The molecule has 1 heterocycles. The Balaban J connectivity index is 1.23. The number of fused-ring (bicyclic) bond motifs is 3. The van der Waals surface area contributed by atoms with Crippen molar-refractivity contribution >= 4 is 18.3 Å². The summed E-state index contributed by atoms with van der Waals surface area (Å²) in [6, 6.07) is 24.3. The second-order valence-corrected chi connectivity index (χ2v) is 11.3. The van der Waals surface area contributed by atoms with Crippen LogP contribution in [0.5, 0.6) is 0 Å². The molecule has 5 rings (SSSR count). The zero-order valence-corrected chi connectivity index (χ0v) is 23.5. The summed E-state index contributed by atoms with van der Waals surface area (Å²) in [5, 5.41) is 5.64. The Hall–Kier alpha value is -4.53. The second kappa shape index (κ2) is 11.9. The first-order valence-corrected chi connectivity index (χ1v) is 13.7. The number of rotatable bonds is 6. The fraction of sp³-hybridized carbons (Fsp3) is 0.344. The van der Waals surface area contributed by atoms with Crippen LogP contribution in [0, 0.1) is 0 Å². The van der Waals surface area contributed by atoms with E-state index in [-0.39, 0.29) is 32.2 Å². The average molecular weight is 558 g/mol. The normalized spacial score (nSPS) is 17.8. The standard InChI is InChI=1S/C32H35N3O6/c1-32(2,3)41-31(38)35-17-27(33-29(36)39-19-21-11-5-4-6-12-21)28(18-35)34-30(37)40-20-26-24-15-9-7-13-22(24)23-14-8-10-16-25(23)26/h4-16,26-28H,17-20H2,1-3H3,(H,33,36)(H,34,37)/t27-,28-/m0/s1. The number of amides is 3. The van der Waals surface area contributed by atoms with E-state index < -0.39 is 36.0 Å². The highest BCUT2D eigenvalue weighted by Crippen LogP contribution is 2.44. The van der Waals surface area contributed by atoms with Gasteiger partial charge in [0, 0.05) is 19.0 Å². The van der Waals surface area contributed by atoms with Crippen molar-refractivity contribution < 1.29 is 28.6 Å². The molecule has 9 heteroatoms. The summed E-state index contributed by atoms with van der Waals surface area (Å²) in [4.78, 5) is 39.9. The van der Waals surface area contributed by atoms with Crippen LogP contribution < -0.4 is 10.6 Å². The van der Waals surface area contributed by atoms with E-state index in [4.69, 9.17) is 14.2 Å². The van der Waals surface area contributed by atoms with Gasteiger partial charge in [-0.05, 0) is 48.6 Å². The largest absolute Gasteiger partial charge is 0.449 e. The minimum atomic E-state index is -0.688. The zero-order valence-electron chi connectivity index (χ0n) is 23.5. The van der Waals surface area contributed by atoms with Crippen LogP contribution in [0.15, 0.2) is 78.9 Å². The summed E-state index contributed by atoms with van der Waals surface area (Å²) < 4.78 is 16.6. The first-order chi connectivity index (χ1) is 19.7. The monoisotopic (exact) mass is 557 g/mol. The van der Waals surface area contributed by atoms with Gasteiger partial charge < -0.3 is 29.7 Å². The van der Waals surface area contributed by atoms with Gasteiger partial charge in [0.05, 0.1) is 12.1 Å². The maximum absolute atomic E-state index is 13.0. The molecule has 0 saturated carbocycles. The van der Waals surface area contributed by atoms with Crippen LogP contribution in [0.3, 0.4) is 0 Å². The number of nitrogens with one attached hydrogen (secondary N) is 2. The van der Waals surface area contributed by atoms with Crippen molar-refractivity contribution in [2.45, 2.75) is 51.0 Å². The summed E-state index contributed by atoms with van der Waals surface area (Å²) in [7, 11) is 0. The number of alkyl carbamates (subject to hydrolysis) is 2. The third-order valence-electron chi connectivity index (χ3n) is 7.13. The van der Waals surface area contributed by atoms with Crippen LogP contribution in [0.25, 0.3) is 11.1 Å². The molecule has 3 amide bonds. The Bertz CT molecular complexity index is 1360. The number of carbonyl (C=O) groups excluding carboxylic acids is 3. The molecule has 1 aliphatic carbocycles. The predicted octanol–water partition coefficient (Wildman–Crippen LogP) is 5.44. The minimum Gasteiger partial charge on any atom is -0.449 e. The maximum atomic E-state index is 13.0. The molecule has 1 fully saturated rings. The van der Waals surface area contributed by atoms with Crippen molar-refractivity contribution in [1.29, 1.82) is 0 Å². The lowest BCUT2D eigenvalue weighted by atomic mass is 9.98. The van der Waals surface area contributed by atoms with E-state index in [0.29, 0.717) is 0 Å². The maximum Gasteiger partial charge on any atom is 0.410 e. The van der Waals surface area contributed by atoms with Crippen molar-refractivity contribution in [3.63, 3.8) is 0 Å². The number of likely N-dealkylation sites (tertiary alicyclic amines) is 1. The molecule has 1 saturated heterocycles. The van der Waals surface area contributed by atoms with Gasteiger partial charge >= 0.3 is 18.3 Å². The van der Waals surface area contributed by atoms with Gasteiger partial charge in [0.15, 0.2) is 0 Å². The van der Waals surface area contributed by atoms with Crippen molar-refractivity contribution in [2.75, 3.05) is 19.7 Å². The molecule has 2 aliphatic rings. The molecular formula is C32H35N3O6. The number of nitrogens with zero attached hydrogens (tertiary/aromatic N) is 1. The van der Waals surface area contributed by atoms with Crippen molar-refractivity contribution in [2.24, 2.45) is 0 Å². The summed E-state index contributed by atoms with van der Waals surface area (Å²) in [6.07, 6.45) is -1.81. The molecule has 0 bridgehead atoms.